The second-order valence-electron chi connectivity index (χ2n) is 4.25. The molecule has 0 radical (unpaired) electrons. The molecule has 0 spiro atoms. The highest BCUT2D eigenvalue weighted by Crippen LogP contribution is 2.35. The standard InChI is InChI=1S/C15H16Br2.C2H2/c16-14-11-5-3-1-2-4-8-12-9-6-7-10-13(12)15(14)17;1-2/h1-3,5-7,9-10,14-15H,4,8,11H2;1-2H/b2-1-,5-3-;. The van der Waals surface area contributed by atoms with E-state index in [0.717, 1.165) is 19.3 Å². The van der Waals surface area contributed by atoms with Crippen molar-refractivity contribution in [1.29, 1.82) is 0 Å². The molecule has 0 saturated carbocycles. The highest BCUT2D eigenvalue weighted by Gasteiger charge is 2.19. The average molecular weight is 382 g/mol. The molecular formula is C17H18Br2. The summed E-state index contributed by atoms with van der Waals surface area (Å²) in [6, 6.07) is 8.72. The van der Waals surface area contributed by atoms with Crippen LogP contribution in [0.2, 0.25) is 0 Å². The van der Waals surface area contributed by atoms with Crippen molar-refractivity contribution in [3.63, 3.8) is 0 Å². The number of aryl methyl sites for hydroxylation is 1. The largest absolute Gasteiger partial charge is 0.124 e. The fourth-order valence-electron chi connectivity index (χ4n) is 2.05. The minimum atomic E-state index is 0.376. The summed E-state index contributed by atoms with van der Waals surface area (Å²) in [4.78, 5) is 0.813. The lowest BCUT2D eigenvalue weighted by molar-refractivity contribution is 0.851. The number of hydrogen-bond acceptors (Lipinski definition) is 0. The number of fused-ring (bicyclic) bond motifs is 1. The molecule has 0 N–H and O–H groups in total. The second-order valence-corrected chi connectivity index (χ2v) is 6.41. The van der Waals surface area contributed by atoms with Crippen LogP contribution < -0.4 is 0 Å². The van der Waals surface area contributed by atoms with Crippen LogP contribution in [0.5, 0.6) is 0 Å². The van der Waals surface area contributed by atoms with Crippen molar-refractivity contribution in [1.82, 2.24) is 0 Å². The number of allylic oxidation sites excluding steroid dienone is 4. The van der Waals surface area contributed by atoms with Crippen molar-refractivity contribution in [3.05, 3.63) is 59.7 Å². The van der Waals surface area contributed by atoms with Crippen LogP contribution in [0.1, 0.15) is 28.8 Å². The van der Waals surface area contributed by atoms with Gasteiger partial charge in [-0.15, -0.1) is 12.8 Å². The van der Waals surface area contributed by atoms with E-state index in [4.69, 9.17) is 0 Å². The summed E-state index contributed by atoms with van der Waals surface area (Å²) in [5.41, 5.74) is 2.86. The normalized spacial score (nSPS) is 25.9. The molecule has 0 aliphatic heterocycles. The van der Waals surface area contributed by atoms with Gasteiger partial charge in [-0.3, -0.25) is 0 Å². The highest BCUT2D eigenvalue weighted by molar-refractivity contribution is 9.12. The topological polar surface area (TPSA) is 0 Å². The van der Waals surface area contributed by atoms with E-state index < -0.39 is 0 Å². The summed E-state index contributed by atoms with van der Waals surface area (Å²) >= 11 is 7.59. The molecule has 0 aromatic heterocycles. The molecule has 2 unspecified atom stereocenters. The number of terminal acetylenes is 1. The molecule has 2 rings (SSSR count). The Morgan fingerprint density at radius 1 is 1.00 bits per heavy atom. The molecule has 0 bridgehead atoms. The van der Waals surface area contributed by atoms with Gasteiger partial charge in [-0.1, -0.05) is 80.4 Å². The molecule has 2 heteroatoms. The molecule has 1 aromatic carbocycles. The van der Waals surface area contributed by atoms with Crippen LogP contribution in [-0.4, -0.2) is 4.83 Å². The summed E-state index contributed by atoms with van der Waals surface area (Å²) in [6.45, 7) is 0. The Bertz CT molecular complexity index is 457. The third-order valence-corrected chi connectivity index (χ3v) is 5.74. The van der Waals surface area contributed by atoms with Gasteiger partial charge in [0, 0.05) is 4.83 Å². The Labute approximate surface area is 133 Å². The molecule has 1 aromatic rings. The number of hydrogen-bond donors (Lipinski definition) is 0. The molecule has 0 saturated heterocycles. The molecule has 19 heavy (non-hydrogen) atoms. The molecule has 2 atom stereocenters. The molecular weight excluding hydrogens is 364 g/mol. The summed E-state index contributed by atoms with van der Waals surface area (Å²) in [5.74, 6) is 0. The quantitative estimate of drug-likeness (QED) is 0.406. The Kier molecular flexibility index (Phi) is 7.86. The number of alkyl halides is 2. The molecule has 100 valence electrons. The van der Waals surface area contributed by atoms with E-state index >= 15 is 0 Å². The smallest absolute Gasteiger partial charge is 0.0526 e. The van der Waals surface area contributed by atoms with Gasteiger partial charge in [0.05, 0.1) is 4.83 Å². The van der Waals surface area contributed by atoms with Crippen molar-refractivity contribution in [2.45, 2.75) is 28.9 Å². The SMILES string of the molecule is BrC1C/C=C\C=C/CCc2ccccc2C1Br.C#C. The predicted octanol–water partition coefficient (Wildman–Crippen LogP) is 5.58. The van der Waals surface area contributed by atoms with Crippen molar-refractivity contribution in [2.24, 2.45) is 0 Å². The van der Waals surface area contributed by atoms with Gasteiger partial charge in [0.25, 0.3) is 0 Å². The highest BCUT2D eigenvalue weighted by atomic mass is 79.9. The van der Waals surface area contributed by atoms with Crippen LogP contribution >= 0.6 is 31.9 Å². The Morgan fingerprint density at radius 3 is 2.47 bits per heavy atom. The predicted molar refractivity (Wildman–Crippen MR) is 91.9 cm³/mol. The summed E-state index contributed by atoms with van der Waals surface area (Å²) < 4.78 is 0. The fraction of sp³-hybridized carbons (Fsp3) is 0.294. The summed E-state index contributed by atoms with van der Waals surface area (Å²) in [6.07, 6.45) is 20.0. The number of rotatable bonds is 0. The van der Waals surface area contributed by atoms with Crippen molar-refractivity contribution < 1.29 is 0 Å². The zero-order valence-corrected chi connectivity index (χ0v) is 14.0. The minimum absolute atomic E-state index is 0.376. The third kappa shape index (κ3) is 5.01. The first-order chi connectivity index (χ1) is 9.29. The van der Waals surface area contributed by atoms with E-state index in [9.17, 15) is 0 Å². The Morgan fingerprint density at radius 2 is 1.68 bits per heavy atom. The maximum atomic E-state index is 4.00. The lowest BCUT2D eigenvalue weighted by Crippen LogP contribution is -2.07. The van der Waals surface area contributed by atoms with Crippen molar-refractivity contribution >= 4 is 31.9 Å². The van der Waals surface area contributed by atoms with E-state index in [2.05, 4.69) is 93.3 Å². The van der Waals surface area contributed by atoms with Gasteiger partial charge >= 0.3 is 0 Å². The number of benzene rings is 1. The first-order valence-corrected chi connectivity index (χ1v) is 8.13. The van der Waals surface area contributed by atoms with Gasteiger partial charge in [-0.2, -0.15) is 0 Å². The zero-order chi connectivity index (χ0) is 14.1. The monoisotopic (exact) mass is 380 g/mol. The van der Waals surface area contributed by atoms with Gasteiger partial charge < -0.3 is 0 Å². The molecule has 0 heterocycles. The van der Waals surface area contributed by atoms with Gasteiger partial charge in [0.15, 0.2) is 0 Å². The zero-order valence-electron chi connectivity index (χ0n) is 10.8. The van der Waals surface area contributed by atoms with Gasteiger partial charge in [0.1, 0.15) is 0 Å². The Hall–Kier alpha value is -0.780. The molecule has 0 amide bonds. The average Bonchev–Trinajstić information content (AvgIpc) is 2.50. The fourth-order valence-corrected chi connectivity index (χ4v) is 3.21. The summed E-state index contributed by atoms with van der Waals surface area (Å²) in [5, 5.41) is 0. The van der Waals surface area contributed by atoms with Crippen LogP contribution in [-0.2, 0) is 6.42 Å². The Balaban J connectivity index is 0.000000861. The maximum Gasteiger partial charge on any atom is 0.0526 e. The molecule has 1 aliphatic carbocycles. The second kappa shape index (κ2) is 9.18. The van der Waals surface area contributed by atoms with Gasteiger partial charge in [0.2, 0.25) is 0 Å². The molecule has 0 fully saturated rings. The van der Waals surface area contributed by atoms with E-state index in [1.165, 1.54) is 11.1 Å². The van der Waals surface area contributed by atoms with Gasteiger partial charge in [-0.25, -0.2) is 0 Å². The van der Waals surface area contributed by atoms with Crippen LogP contribution in [0.25, 0.3) is 0 Å². The van der Waals surface area contributed by atoms with Gasteiger partial charge in [-0.05, 0) is 30.4 Å². The maximum absolute atomic E-state index is 4.00. The minimum Gasteiger partial charge on any atom is -0.124 e. The third-order valence-electron chi connectivity index (χ3n) is 2.99. The van der Waals surface area contributed by atoms with Crippen LogP contribution in [0.3, 0.4) is 0 Å². The van der Waals surface area contributed by atoms with E-state index in [1.807, 2.05) is 0 Å². The first kappa shape index (κ1) is 16.3. The van der Waals surface area contributed by atoms with E-state index in [-0.39, 0.29) is 0 Å². The van der Waals surface area contributed by atoms with E-state index in [1.54, 1.807) is 0 Å². The van der Waals surface area contributed by atoms with Crippen molar-refractivity contribution in [2.75, 3.05) is 0 Å². The van der Waals surface area contributed by atoms with Crippen molar-refractivity contribution in [3.8, 4) is 12.8 Å². The summed E-state index contributed by atoms with van der Waals surface area (Å²) in [7, 11) is 0. The lowest BCUT2D eigenvalue weighted by Gasteiger charge is -2.19. The van der Waals surface area contributed by atoms with Crippen LogP contribution in [0.15, 0.2) is 48.6 Å². The molecule has 1 aliphatic rings. The van der Waals surface area contributed by atoms with Crippen LogP contribution in [0.4, 0.5) is 0 Å². The van der Waals surface area contributed by atoms with Crippen LogP contribution in [0, 0.1) is 12.8 Å². The number of halogens is 2. The van der Waals surface area contributed by atoms with E-state index in [0.29, 0.717) is 9.65 Å². The molecule has 0 nitrogen and oxygen atoms in total. The lowest BCUT2D eigenvalue weighted by atomic mass is 9.98. The first-order valence-electron chi connectivity index (χ1n) is 6.30.